The van der Waals surface area contributed by atoms with Crippen LogP contribution in [0, 0.1) is 11.3 Å². The lowest BCUT2D eigenvalue weighted by Gasteiger charge is -2.29. The Bertz CT molecular complexity index is 411. The van der Waals surface area contributed by atoms with Crippen LogP contribution in [0.25, 0.3) is 0 Å². The third-order valence-electron chi connectivity index (χ3n) is 4.24. The van der Waals surface area contributed by atoms with E-state index in [1.54, 1.807) is 6.20 Å². The van der Waals surface area contributed by atoms with E-state index in [4.69, 9.17) is 11.6 Å². The number of hydrogen-bond donors (Lipinski definition) is 0. The van der Waals surface area contributed by atoms with E-state index in [0.29, 0.717) is 10.6 Å². The maximum atomic E-state index is 5.95. The van der Waals surface area contributed by atoms with Crippen LogP contribution in [-0.2, 0) is 6.54 Å². The minimum absolute atomic E-state index is 0.440. The molecule has 0 spiro atoms. The van der Waals surface area contributed by atoms with Crippen LogP contribution < -0.4 is 0 Å². The average Bonchev–Trinajstić information content (AvgIpc) is 2.54. The van der Waals surface area contributed by atoms with Crippen LogP contribution in [0.1, 0.15) is 45.6 Å². The van der Waals surface area contributed by atoms with Crippen molar-refractivity contribution in [2.75, 3.05) is 13.1 Å². The Morgan fingerprint density at radius 3 is 2.79 bits per heavy atom. The van der Waals surface area contributed by atoms with Gasteiger partial charge in [-0.1, -0.05) is 32.4 Å². The predicted octanol–water partition coefficient (Wildman–Crippen LogP) is 4.38. The molecule has 2 nitrogen and oxygen atoms in total. The minimum atomic E-state index is 0.440. The smallest absolute Gasteiger partial charge is 0.129 e. The zero-order chi connectivity index (χ0) is 13.9. The Morgan fingerprint density at radius 2 is 2.11 bits per heavy atom. The van der Waals surface area contributed by atoms with Gasteiger partial charge < -0.3 is 0 Å². The second-order valence-electron chi connectivity index (χ2n) is 6.76. The largest absolute Gasteiger partial charge is 0.299 e. The van der Waals surface area contributed by atoms with Crippen molar-refractivity contribution in [3.8, 4) is 0 Å². The number of aromatic nitrogens is 1. The van der Waals surface area contributed by atoms with Gasteiger partial charge in [0.05, 0.1) is 0 Å². The van der Waals surface area contributed by atoms with Crippen molar-refractivity contribution < 1.29 is 0 Å². The maximum absolute atomic E-state index is 5.95. The molecule has 106 valence electrons. The zero-order valence-electron chi connectivity index (χ0n) is 12.3. The molecule has 3 heteroatoms. The quantitative estimate of drug-likeness (QED) is 0.747. The molecule has 0 aliphatic carbocycles. The molecule has 1 fully saturated rings. The average molecular weight is 281 g/mol. The molecular formula is C16H25ClN2. The van der Waals surface area contributed by atoms with Gasteiger partial charge in [-0.2, -0.15) is 0 Å². The summed E-state index contributed by atoms with van der Waals surface area (Å²) in [6.07, 6.45) is 5.77. The van der Waals surface area contributed by atoms with Gasteiger partial charge >= 0.3 is 0 Å². The van der Waals surface area contributed by atoms with E-state index in [0.717, 1.165) is 12.5 Å². The van der Waals surface area contributed by atoms with E-state index in [9.17, 15) is 0 Å². The SMILES string of the molecule is CC(C)(C)C1CCCN(Cc2ccnc(Cl)c2)CC1. The highest BCUT2D eigenvalue weighted by Crippen LogP contribution is 2.34. The molecule has 1 aromatic heterocycles. The van der Waals surface area contributed by atoms with Gasteiger partial charge in [-0.15, -0.1) is 0 Å². The second-order valence-corrected chi connectivity index (χ2v) is 7.14. The summed E-state index contributed by atoms with van der Waals surface area (Å²) >= 11 is 5.95. The Hall–Kier alpha value is -0.600. The van der Waals surface area contributed by atoms with Gasteiger partial charge in [0.1, 0.15) is 5.15 Å². The summed E-state index contributed by atoms with van der Waals surface area (Å²) in [6, 6.07) is 4.05. The van der Waals surface area contributed by atoms with Crippen molar-refractivity contribution >= 4 is 11.6 Å². The van der Waals surface area contributed by atoms with Crippen LogP contribution >= 0.6 is 11.6 Å². The highest BCUT2D eigenvalue weighted by molar-refractivity contribution is 6.29. The van der Waals surface area contributed by atoms with Crippen LogP contribution in [0.4, 0.5) is 0 Å². The second kappa shape index (κ2) is 6.23. The Kier molecular flexibility index (Phi) is 4.86. The summed E-state index contributed by atoms with van der Waals surface area (Å²) in [7, 11) is 0. The number of rotatable bonds is 2. The fourth-order valence-corrected chi connectivity index (χ4v) is 3.18. The lowest BCUT2D eigenvalue weighted by atomic mass is 9.77. The highest BCUT2D eigenvalue weighted by Gasteiger charge is 2.26. The molecule has 0 aromatic carbocycles. The lowest BCUT2D eigenvalue weighted by molar-refractivity contribution is 0.206. The summed E-state index contributed by atoms with van der Waals surface area (Å²) < 4.78 is 0. The molecule has 1 atom stereocenters. The van der Waals surface area contributed by atoms with Gasteiger partial charge in [0, 0.05) is 12.7 Å². The van der Waals surface area contributed by atoms with Crippen LogP contribution in [0.3, 0.4) is 0 Å². The van der Waals surface area contributed by atoms with E-state index in [1.165, 1.54) is 37.9 Å². The number of hydrogen-bond acceptors (Lipinski definition) is 2. The summed E-state index contributed by atoms with van der Waals surface area (Å²) in [4.78, 5) is 6.60. The van der Waals surface area contributed by atoms with E-state index in [-0.39, 0.29) is 0 Å². The minimum Gasteiger partial charge on any atom is -0.299 e. The molecule has 2 rings (SSSR count). The van der Waals surface area contributed by atoms with Crippen LogP contribution in [0.2, 0.25) is 5.15 Å². The standard InChI is InChI=1S/C16H25ClN2/c1-16(2,3)14-5-4-9-19(10-7-14)12-13-6-8-18-15(17)11-13/h6,8,11,14H,4-5,7,9-10,12H2,1-3H3. The summed E-state index contributed by atoms with van der Waals surface area (Å²) in [6.45, 7) is 10.5. The molecule has 1 aliphatic heterocycles. The molecule has 0 radical (unpaired) electrons. The molecule has 2 heterocycles. The monoisotopic (exact) mass is 280 g/mol. The third-order valence-corrected chi connectivity index (χ3v) is 4.45. The molecule has 0 N–H and O–H groups in total. The van der Waals surface area contributed by atoms with Crippen molar-refractivity contribution in [2.24, 2.45) is 11.3 Å². The summed E-state index contributed by atoms with van der Waals surface area (Å²) in [5.74, 6) is 0.846. The van der Waals surface area contributed by atoms with E-state index in [1.807, 2.05) is 6.07 Å². The number of nitrogens with zero attached hydrogens (tertiary/aromatic N) is 2. The fraction of sp³-hybridized carbons (Fsp3) is 0.688. The first kappa shape index (κ1) is 14.8. The van der Waals surface area contributed by atoms with E-state index in [2.05, 4.69) is 36.7 Å². The predicted molar refractivity (Wildman–Crippen MR) is 81.3 cm³/mol. The normalized spacial score (nSPS) is 22.2. The van der Waals surface area contributed by atoms with Crippen LogP contribution in [0.15, 0.2) is 18.3 Å². The van der Waals surface area contributed by atoms with Gasteiger partial charge in [0.2, 0.25) is 0 Å². The third kappa shape index (κ3) is 4.47. The Labute approximate surface area is 122 Å². The zero-order valence-corrected chi connectivity index (χ0v) is 13.1. The van der Waals surface area contributed by atoms with Gasteiger partial charge in [-0.25, -0.2) is 4.98 Å². The highest BCUT2D eigenvalue weighted by atomic mass is 35.5. The molecule has 1 unspecified atom stereocenters. The molecule has 1 aromatic rings. The first-order valence-electron chi connectivity index (χ1n) is 7.28. The fourth-order valence-electron chi connectivity index (χ4n) is 2.98. The van der Waals surface area contributed by atoms with Crippen LogP contribution in [0.5, 0.6) is 0 Å². The Balaban J connectivity index is 1.93. The molecule has 1 saturated heterocycles. The number of halogens is 1. The topological polar surface area (TPSA) is 16.1 Å². The van der Waals surface area contributed by atoms with Gasteiger partial charge in [0.25, 0.3) is 0 Å². The van der Waals surface area contributed by atoms with Crippen molar-refractivity contribution in [3.05, 3.63) is 29.0 Å². The van der Waals surface area contributed by atoms with Crippen molar-refractivity contribution in [3.63, 3.8) is 0 Å². The van der Waals surface area contributed by atoms with Crippen molar-refractivity contribution in [1.29, 1.82) is 0 Å². The summed E-state index contributed by atoms with van der Waals surface area (Å²) in [5, 5.41) is 0.597. The molecular weight excluding hydrogens is 256 g/mol. The molecule has 0 bridgehead atoms. The van der Waals surface area contributed by atoms with E-state index >= 15 is 0 Å². The molecule has 0 amide bonds. The van der Waals surface area contributed by atoms with Crippen molar-refractivity contribution in [1.82, 2.24) is 9.88 Å². The van der Waals surface area contributed by atoms with Crippen LogP contribution in [-0.4, -0.2) is 23.0 Å². The van der Waals surface area contributed by atoms with Gasteiger partial charge in [-0.3, -0.25) is 4.90 Å². The summed E-state index contributed by atoms with van der Waals surface area (Å²) in [5.41, 5.74) is 1.71. The van der Waals surface area contributed by atoms with Crippen molar-refractivity contribution in [2.45, 2.75) is 46.6 Å². The van der Waals surface area contributed by atoms with Gasteiger partial charge in [-0.05, 0) is 61.4 Å². The van der Waals surface area contributed by atoms with E-state index < -0.39 is 0 Å². The Morgan fingerprint density at radius 1 is 1.32 bits per heavy atom. The number of pyridine rings is 1. The lowest BCUT2D eigenvalue weighted by Crippen LogP contribution is -2.26. The molecule has 19 heavy (non-hydrogen) atoms. The number of likely N-dealkylation sites (tertiary alicyclic amines) is 1. The maximum Gasteiger partial charge on any atom is 0.129 e. The molecule has 0 saturated carbocycles. The van der Waals surface area contributed by atoms with Gasteiger partial charge in [0.15, 0.2) is 0 Å². The first-order chi connectivity index (χ1) is 8.95. The first-order valence-corrected chi connectivity index (χ1v) is 7.66. The molecule has 1 aliphatic rings.